The summed E-state index contributed by atoms with van der Waals surface area (Å²) in [6.45, 7) is 1.99. The van der Waals surface area contributed by atoms with Crippen LogP contribution in [0.15, 0.2) is 42.5 Å². The van der Waals surface area contributed by atoms with Crippen molar-refractivity contribution < 1.29 is 23.4 Å². The lowest BCUT2D eigenvalue weighted by molar-refractivity contribution is -0.117. The maximum Gasteiger partial charge on any atom is 0.244 e. The van der Waals surface area contributed by atoms with Crippen LogP contribution in [0.1, 0.15) is 24.1 Å². The summed E-state index contributed by atoms with van der Waals surface area (Å²) in [4.78, 5) is 12.1. The highest BCUT2D eigenvalue weighted by Crippen LogP contribution is 2.32. The summed E-state index contributed by atoms with van der Waals surface area (Å²) in [5, 5.41) is 2.79. The van der Waals surface area contributed by atoms with Gasteiger partial charge in [-0.15, -0.1) is 0 Å². The van der Waals surface area contributed by atoms with Crippen molar-refractivity contribution in [2.24, 2.45) is 0 Å². The van der Waals surface area contributed by atoms with Gasteiger partial charge < -0.3 is 19.5 Å². The Morgan fingerprint density at radius 1 is 1.24 bits per heavy atom. The number of carbonyl (C=O) groups is 1. The molecule has 130 valence electrons. The average Bonchev–Trinajstić information content (AvgIpc) is 3.07. The Labute approximate surface area is 145 Å². The van der Waals surface area contributed by atoms with Crippen molar-refractivity contribution in [2.75, 3.05) is 13.9 Å². The topological polar surface area (TPSA) is 56.8 Å². The van der Waals surface area contributed by atoms with Crippen LogP contribution in [0.4, 0.5) is 4.39 Å². The highest BCUT2D eigenvalue weighted by atomic mass is 19.1. The number of halogens is 1. The number of hydrogen-bond donors (Lipinski definition) is 1. The zero-order valence-electron chi connectivity index (χ0n) is 13.9. The fraction of sp³-hybridized carbons (Fsp3) is 0.211. The molecule has 0 saturated carbocycles. The number of ether oxygens (including phenoxy) is 3. The summed E-state index contributed by atoms with van der Waals surface area (Å²) in [7, 11) is 1.41. The van der Waals surface area contributed by atoms with Crippen LogP contribution in [-0.4, -0.2) is 19.8 Å². The minimum absolute atomic E-state index is 0.171. The molecule has 0 fully saturated rings. The minimum Gasteiger partial charge on any atom is -0.494 e. The van der Waals surface area contributed by atoms with Crippen LogP contribution >= 0.6 is 0 Å². The molecular formula is C19H18FNO4. The average molecular weight is 343 g/mol. The van der Waals surface area contributed by atoms with Crippen molar-refractivity contribution in [1.29, 1.82) is 0 Å². The Morgan fingerprint density at radius 3 is 2.80 bits per heavy atom. The van der Waals surface area contributed by atoms with Crippen LogP contribution in [0.5, 0.6) is 17.2 Å². The molecule has 0 unspecified atom stereocenters. The normalized spacial score (nSPS) is 13.7. The molecule has 5 nitrogen and oxygen atoms in total. The molecule has 0 aliphatic carbocycles. The van der Waals surface area contributed by atoms with Gasteiger partial charge in [0.1, 0.15) is 0 Å². The van der Waals surface area contributed by atoms with Gasteiger partial charge in [-0.25, -0.2) is 4.39 Å². The molecule has 0 spiro atoms. The Kier molecular flexibility index (Phi) is 4.88. The zero-order valence-corrected chi connectivity index (χ0v) is 13.9. The SMILES string of the molecule is COc1ccc([C@H](C)NC(=O)/C=C/c2ccc3c(c2)OCO3)cc1F. The number of nitrogens with one attached hydrogen (secondary N) is 1. The zero-order chi connectivity index (χ0) is 17.8. The quantitative estimate of drug-likeness (QED) is 0.845. The van der Waals surface area contributed by atoms with Crippen molar-refractivity contribution in [2.45, 2.75) is 13.0 Å². The molecule has 2 aromatic rings. The molecule has 1 atom stereocenters. The highest BCUT2D eigenvalue weighted by molar-refractivity contribution is 5.92. The van der Waals surface area contributed by atoms with E-state index in [-0.39, 0.29) is 24.5 Å². The first-order valence-electron chi connectivity index (χ1n) is 7.78. The van der Waals surface area contributed by atoms with Crippen LogP contribution in [0, 0.1) is 5.82 Å². The Morgan fingerprint density at radius 2 is 2.04 bits per heavy atom. The third-order valence-electron chi connectivity index (χ3n) is 3.86. The Hall–Kier alpha value is -3.02. The molecule has 25 heavy (non-hydrogen) atoms. The number of methoxy groups -OCH3 is 1. The largest absolute Gasteiger partial charge is 0.494 e. The monoisotopic (exact) mass is 343 g/mol. The van der Waals surface area contributed by atoms with E-state index in [9.17, 15) is 9.18 Å². The van der Waals surface area contributed by atoms with Crippen molar-refractivity contribution >= 4 is 12.0 Å². The maximum absolute atomic E-state index is 13.8. The molecule has 0 radical (unpaired) electrons. The lowest BCUT2D eigenvalue weighted by Crippen LogP contribution is -2.24. The number of hydrogen-bond acceptors (Lipinski definition) is 4. The molecule has 1 heterocycles. The summed E-state index contributed by atoms with van der Waals surface area (Å²) in [5.41, 5.74) is 1.48. The van der Waals surface area contributed by atoms with Gasteiger partial charge in [0.05, 0.1) is 13.2 Å². The van der Waals surface area contributed by atoms with Gasteiger partial charge in [-0.05, 0) is 48.4 Å². The maximum atomic E-state index is 13.8. The van der Waals surface area contributed by atoms with Gasteiger partial charge in [0.25, 0.3) is 0 Å². The number of rotatable bonds is 5. The number of benzene rings is 2. The Bertz CT molecular complexity index is 819. The summed E-state index contributed by atoms with van der Waals surface area (Å²) in [6, 6.07) is 9.70. The van der Waals surface area contributed by atoms with E-state index in [1.54, 1.807) is 31.2 Å². The van der Waals surface area contributed by atoms with Gasteiger partial charge in [0, 0.05) is 6.08 Å². The van der Waals surface area contributed by atoms with E-state index in [1.165, 1.54) is 25.3 Å². The summed E-state index contributed by atoms with van der Waals surface area (Å²) in [5.74, 6) is 0.782. The molecule has 6 heteroatoms. The Balaban J connectivity index is 1.62. The van der Waals surface area contributed by atoms with E-state index in [2.05, 4.69) is 5.32 Å². The highest BCUT2D eigenvalue weighted by Gasteiger charge is 2.13. The number of fused-ring (bicyclic) bond motifs is 1. The molecule has 1 aliphatic rings. The molecule has 1 amide bonds. The van der Waals surface area contributed by atoms with Crippen LogP contribution in [0.25, 0.3) is 6.08 Å². The third kappa shape index (κ3) is 3.91. The van der Waals surface area contributed by atoms with Crippen LogP contribution in [0.2, 0.25) is 0 Å². The molecular weight excluding hydrogens is 325 g/mol. The van der Waals surface area contributed by atoms with E-state index in [1.807, 2.05) is 6.07 Å². The second-order valence-electron chi connectivity index (χ2n) is 5.57. The van der Waals surface area contributed by atoms with Crippen LogP contribution < -0.4 is 19.5 Å². The molecule has 3 rings (SSSR count). The smallest absolute Gasteiger partial charge is 0.244 e. The fourth-order valence-electron chi connectivity index (χ4n) is 2.49. The minimum atomic E-state index is -0.461. The predicted molar refractivity (Wildman–Crippen MR) is 91.1 cm³/mol. The van der Waals surface area contributed by atoms with Crippen molar-refractivity contribution in [1.82, 2.24) is 5.32 Å². The molecule has 0 saturated heterocycles. The van der Waals surface area contributed by atoms with E-state index >= 15 is 0 Å². The lowest BCUT2D eigenvalue weighted by atomic mass is 10.1. The standard InChI is InChI=1S/C19H18FNO4/c1-12(14-5-7-16(23-2)15(20)10-14)21-19(22)8-4-13-3-6-17-18(9-13)25-11-24-17/h3-10,12H,11H2,1-2H3,(H,21,22)/b8-4+/t12-/m0/s1. The van der Waals surface area contributed by atoms with Crippen molar-refractivity contribution in [3.63, 3.8) is 0 Å². The first-order chi connectivity index (χ1) is 12.1. The van der Waals surface area contributed by atoms with E-state index in [0.29, 0.717) is 17.1 Å². The number of carbonyl (C=O) groups excluding carboxylic acids is 1. The van der Waals surface area contributed by atoms with Gasteiger partial charge in [-0.2, -0.15) is 0 Å². The van der Waals surface area contributed by atoms with Crippen molar-refractivity contribution in [3.8, 4) is 17.2 Å². The molecule has 0 aromatic heterocycles. The summed E-state index contributed by atoms with van der Waals surface area (Å²) in [6.07, 6.45) is 3.10. The first kappa shape index (κ1) is 16.8. The molecule has 1 N–H and O–H groups in total. The number of amides is 1. The molecule has 0 bridgehead atoms. The van der Waals surface area contributed by atoms with E-state index < -0.39 is 5.82 Å². The second-order valence-corrected chi connectivity index (χ2v) is 5.57. The first-order valence-corrected chi connectivity index (χ1v) is 7.78. The van der Waals surface area contributed by atoms with Crippen LogP contribution in [-0.2, 0) is 4.79 Å². The third-order valence-corrected chi connectivity index (χ3v) is 3.86. The molecule has 2 aromatic carbocycles. The lowest BCUT2D eigenvalue weighted by Gasteiger charge is -2.14. The molecule has 1 aliphatic heterocycles. The van der Waals surface area contributed by atoms with Gasteiger partial charge in [-0.3, -0.25) is 4.79 Å². The van der Waals surface area contributed by atoms with Crippen molar-refractivity contribution in [3.05, 3.63) is 59.4 Å². The van der Waals surface area contributed by atoms with Gasteiger partial charge in [0.15, 0.2) is 23.1 Å². The van der Waals surface area contributed by atoms with Gasteiger partial charge >= 0.3 is 0 Å². The summed E-state index contributed by atoms with van der Waals surface area (Å²) >= 11 is 0. The fourth-order valence-corrected chi connectivity index (χ4v) is 2.49. The summed E-state index contributed by atoms with van der Waals surface area (Å²) < 4.78 is 29.2. The van der Waals surface area contributed by atoms with Crippen LogP contribution in [0.3, 0.4) is 0 Å². The van der Waals surface area contributed by atoms with Gasteiger partial charge in [0.2, 0.25) is 12.7 Å². The second kappa shape index (κ2) is 7.25. The van der Waals surface area contributed by atoms with E-state index in [4.69, 9.17) is 14.2 Å². The van der Waals surface area contributed by atoms with E-state index in [0.717, 1.165) is 5.56 Å². The van der Waals surface area contributed by atoms with Gasteiger partial charge in [-0.1, -0.05) is 12.1 Å². The predicted octanol–water partition coefficient (Wildman–Crippen LogP) is 3.45.